The van der Waals surface area contributed by atoms with Gasteiger partial charge in [-0.15, -0.1) is 0 Å². The molecule has 0 N–H and O–H groups in total. The maximum atomic E-state index is 11.8. The molecule has 6 heteroatoms. The normalized spacial score (nSPS) is 14.4. The minimum Gasteiger partial charge on any atom is -0.478 e. The maximum Gasteiger partial charge on any atom is 0.336 e. The van der Waals surface area contributed by atoms with E-state index in [-0.39, 0.29) is 5.63 Å². The third-order valence-corrected chi connectivity index (χ3v) is 4.96. The van der Waals surface area contributed by atoms with E-state index in [2.05, 4.69) is 4.90 Å². The lowest BCUT2D eigenvalue weighted by molar-refractivity contribution is 0.0890. The Morgan fingerprint density at radius 1 is 1.16 bits per heavy atom. The summed E-state index contributed by atoms with van der Waals surface area (Å²) in [6.45, 7) is 3.56. The third kappa shape index (κ3) is 3.13. The second-order valence-electron chi connectivity index (χ2n) is 6.16. The van der Waals surface area contributed by atoms with Crippen molar-refractivity contribution in [3.63, 3.8) is 0 Å². The van der Waals surface area contributed by atoms with Crippen LogP contribution in [0.2, 0.25) is 10.0 Å². The number of ether oxygens (including phenoxy) is 1. The first-order valence-electron chi connectivity index (χ1n) is 7.86. The van der Waals surface area contributed by atoms with E-state index in [1.54, 1.807) is 6.07 Å². The van der Waals surface area contributed by atoms with Crippen molar-refractivity contribution in [2.24, 2.45) is 0 Å². The largest absolute Gasteiger partial charge is 0.478 e. The Kier molecular flexibility index (Phi) is 4.20. The van der Waals surface area contributed by atoms with Gasteiger partial charge >= 0.3 is 5.63 Å². The van der Waals surface area contributed by atoms with Crippen molar-refractivity contribution in [2.45, 2.75) is 20.0 Å². The number of hydrogen-bond donors (Lipinski definition) is 0. The standard InChI is InChI=1S/C19H15Cl2NO3/c1-11-6-18(23)25-19-14(11)4-5-17-15(19)9-22(10-24-17)8-12-2-3-13(20)7-16(12)21/h2-7H,8-10H2,1H3. The van der Waals surface area contributed by atoms with Gasteiger partial charge in [-0.1, -0.05) is 29.3 Å². The second-order valence-corrected chi connectivity index (χ2v) is 7.01. The van der Waals surface area contributed by atoms with Crippen LogP contribution in [0.25, 0.3) is 11.0 Å². The number of fused-ring (bicyclic) bond motifs is 3. The van der Waals surface area contributed by atoms with Crippen LogP contribution in [-0.4, -0.2) is 11.6 Å². The molecule has 0 radical (unpaired) electrons. The Hall–Kier alpha value is -2.01. The predicted molar refractivity (Wildman–Crippen MR) is 98.4 cm³/mol. The van der Waals surface area contributed by atoms with Gasteiger partial charge in [-0.25, -0.2) is 4.79 Å². The third-order valence-electron chi connectivity index (χ3n) is 4.37. The average molecular weight is 376 g/mol. The van der Waals surface area contributed by atoms with E-state index in [0.29, 0.717) is 35.4 Å². The van der Waals surface area contributed by atoms with Gasteiger partial charge in [0.25, 0.3) is 0 Å². The number of halogens is 2. The minimum absolute atomic E-state index is 0.351. The summed E-state index contributed by atoms with van der Waals surface area (Å²) >= 11 is 12.2. The van der Waals surface area contributed by atoms with Crippen molar-refractivity contribution in [1.29, 1.82) is 0 Å². The van der Waals surface area contributed by atoms with E-state index in [4.69, 9.17) is 32.4 Å². The van der Waals surface area contributed by atoms with Gasteiger partial charge in [-0.05, 0) is 42.3 Å². The molecule has 0 saturated heterocycles. The van der Waals surface area contributed by atoms with Gasteiger partial charge in [-0.2, -0.15) is 0 Å². The zero-order valence-electron chi connectivity index (χ0n) is 13.5. The Labute approximate surface area is 154 Å². The van der Waals surface area contributed by atoms with E-state index in [9.17, 15) is 4.79 Å². The van der Waals surface area contributed by atoms with Crippen LogP contribution < -0.4 is 10.4 Å². The molecule has 0 bridgehead atoms. The van der Waals surface area contributed by atoms with Gasteiger partial charge < -0.3 is 9.15 Å². The molecule has 0 spiro atoms. The molecule has 1 aliphatic heterocycles. The van der Waals surface area contributed by atoms with Gasteiger partial charge in [0, 0.05) is 34.6 Å². The number of aryl methyl sites for hydroxylation is 1. The molecule has 128 valence electrons. The maximum absolute atomic E-state index is 11.8. The Balaban J connectivity index is 1.70. The van der Waals surface area contributed by atoms with Crippen molar-refractivity contribution >= 4 is 34.2 Å². The Morgan fingerprint density at radius 2 is 2.00 bits per heavy atom. The van der Waals surface area contributed by atoms with Crippen LogP contribution in [-0.2, 0) is 13.1 Å². The van der Waals surface area contributed by atoms with Crippen LogP contribution in [0.15, 0.2) is 45.6 Å². The van der Waals surface area contributed by atoms with E-state index < -0.39 is 0 Å². The molecule has 25 heavy (non-hydrogen) atoms. The van der Waals surface area contributed by atoms with Crippen molar-refractivity contribution in [1.82, 2.24) is 4.90 Å². The summed E-state index contributed by atoms with van der Waals surface area (Å²) in [6, 6.07) is 10.8. The number of hydrogen-bond acceptors (Lipinski definition) is 4. The minimum atomic E-state index is -0.351. The van der Waals surface area contributed by atoms with Crippen LogP contribution in [0, 0.1) is 6.92 Å². The van der Waals surface area contributed by atoms with Crippen LogP contribution in [0.1, 0.15) is 16.7 Å². The fourth-order valence-corrected chi connectivity index (χ4v) is 3.60. The van der Waals surface area contributed by atoms with Crippen LogP contribution in [0.3, 0.4) is 0 Å². The highest BCUT2D eigenvalue weighted by atomic mass is 35.5. The number of rotatable bonds is 2. The smallest absolute Gasteiger partial charge is 0.336 e. The fourth-order valence-electron chi connectivity index (χ4n) is 3.13. The Morgan fingerprint density at radius 3 is 2.80 bits per heavy atom. The van der Waals surface area contributed by atoms with Crippen LogP contribution in [0.4, 0.5) is 0 Å². The zero-order chi connectivity index (χ0) is 17.6. The molecule has 0 atom stereocenters. The molecule has 0 amide bonds. The Bertz CT molecular complexity index is 1030. The summed E-state index contributed by atoms with van der Waals surface area (Å²) in [5, 5.41) is 2.16. The molecule has 0 saturated carbocycles. The van der Waals surface area contributed by atoms with E-state index in [0.717, 1.165) is 27.8 Å². The second kappa shape index (κ2) is 6.37. The predicted octanol–water partition coefficient (Wildman–Crippen LogP) is 4.76. The topological polar surface area (TPSA) is 42.7 Å². The van der Waals surface area contributed by atoms with Gasteiger partial charge in [-0.3, -0.25) is 4.90 Å². The fraction of sp³-hybridized carbons (Fsp3) is 0.211. The summed E-state index contributed by atoms with van der Waals surface area (Å²) in [5.74, 6) is 0.750. The lowest BCUT2D eigenvalue weighted by atomic mass is 10.0. The first-order chi connectivity index (χ1) is 12.0. The van der Waals surface area contributed by atoms with Gasteiger partial charge in [0.15, 0.2) is 0 Å². The average Bonchev–Trinajstić information content (AvgIpc) is 2.57. The molecule has 0 fully saturated rings. The van der Waals surface area contributed by atoms with Crippen LogP contribution in [0.5, 0.6) is 5.75 Å². The lowest BCUT2D eigenvalue weighted by Gasteiger charge is -2.29. The number of nitrogens with zero attached hydrogens (tertiary/aromatic N) is 1. The molecule has 2 heterocycles. The van der Waals surface area contributed by atoms with Gasteiger partial charge in [0.2, 0.25) is 0 Å². The molecule has 1 aliphatic rings. The molecular weight excluding hydrogens is 361 g/mol. The molecule has 4 nitrogen and oxygen atoms in total. The van der Waals surface area contributed by atoms with E-state index >= 15 is 0 Å². The SMILES string of the molecule is Cc1cc(=O)oc2c3c(ccc12)OCN(Cc1ccc(Cl)cc1Cl)C3. The van der Waals surface area contributed by atoms with Crippen molar-refractivity contribution in [2.75, 3.05) is 6.73 Å². The van der Waals surface area contributed by atoms with E-state index in [1.807, 2.05) is 31.2 Å². The van der Waals surface area contributed by atoms with Crippen molar-refractivity contribution in [3.05, 3.63) is 73.6 Å². The summed E-state index contributed by atoms with van der Waals surface area (Å²) in [4.78, 5) is 13.9. The van der Waals surface area contributed by atoms with Crippen LogP contribution >= 0.6 is 23.2 Å². The monoisotopic (exact) mass is 375 g/mol. The highest BCUT2D eigenvalue weighted by molar-refractivity contribution is 6.35. The quantitative estimate of drug-likeness (QED) is 0.605. The van der Waals surface area contributed by atoms with Gasteiger partial charge in [0.05, 0.1) is 5.56 Å². The molecule has 3 aromatic rings. The first kappa shape index (κ1) is 16.5. The molecular formula is C19H15Cl2NO3. The highest BCUT2D eigenvalue weighted by Gasteiger charge is 2.22. The molecule has 0 aliphatic carbocycles. The van der Waals surface area contributed by atoms with Gasteiger partial charge in [0.1, 0.15) is 18.1 Å². The summed E-state index contributed by atoms with van der Waals surface area (Å²) in [6.07, 6.45) is 0. The number of benzene rings is 2. The molecule has 0 unspecified atom stereocenters. The lowest BCUT2D eigenvalue weighted by Crippen LogP contribution is -2.31. The van der Waals surface area contributed by atoms with E-state index in [1.165, 1.54) is 6.07 Å². The molecule has 1 aromatic heterocycles. The zero-order valence-corrected chi connectivity index (χ0v) is 15.0. The van der Waals surface area contributed by atoms with Crippen molar-refractivity contribution < 1.29 is 9.15 Å². The summed E-state index contributed by atoms with van der Waals surface area (Å²) in [7, 11) is 0. The van der Waals surface area contributed by atoms with Crippen molar-refractivity contribution in [3.8, 4) is 5.75 Å². The summed E-state index contributed by atoms with van der Waals surface area (Å²) in [5.41, 5.74) is 2.99. The first-order valence-corrected chi connectivity index (χ1v) is 8.62. The molecule has 4 rings (SSSR count). The molecule has 2 aromatic carbocycles. The highest BCUT2D eigenvalue weighted by Crippen LogP contribution is 2.33. The summed E-state index contributed by atoms with van der Waals surface area (Å²) < 4.78 is 11.3.